The standard InChI is InChI=1S/C15H19N3S/c1-9-6-7-11(8-16-9)12-10(2)13(19)18-14(17-12)15(3,4)5/h6-8H,1-5H3,(H,17,18,19). The maximum atomic E-state index is 5.37. The molecule has 0 amide bonds. The number of hydrogen-bond donors (Lipinski definition) is 1. The molecule has 0 unspecified atom stereocenters. The molecule has 0 saturated carbocycles. The maximum Gasteiger partial charge on any atom is 0.133 e. The van der Waals surface area contributed by atoms with Gasteiger partial charge in [-0.25, -0.2) is 4.98 Å². The van der Waals surface area contributed by atoms with Gasteiger partial charge in [-0.1, -0.05) is 33.0 Å². The van der Waals surface area contributed by atoms with Gasteiger partial charge in [0.25, 0.3) is 0 Å². The summed E-state index contributed by atoms with van der Waals surface area (Å²) in [5.41, 5.74) is 3.99. The van der Waals surface area contributed by atoms with Crippen molar-refractivity contribution in [1.29, 1.82) is 0 Å². The molecule has 0 saturated heterocycles. The fourth-order valence-corrected chi connectivity index (χ4v) is 1.99. The van der Waals surface area contributed by atoms with Gasteiger partial charge in [0.05, 0.1) is 5.69 Å². The molecule has 2 rings (SSSR count). The molecule has 0 bridgehead atoms. The summed E-state index contributed by atoms with van der Waals surface area (Å²) >= 11 is 5.37. The van der Waals surface area contributed by atoms with Crippen molar-refractivity contribution in [2.45, 2.75) is 40.0 Å². The molecule has 2 aromatic heterocycles. The van der Waals surface area contributed by atoms with E-state index in [0.29, 0.717) is 4.64 Å². The van der Waals surface area contributed by atoms with E-state index in [1.165, 1.54) is 0 Å². The van der Waals surface area contributed by atoms with Crippen molar-refractivity contribution in [2.24, 2.45) is 0 Å². The first-order chi connectivity index (χ1) is 8.79. The number of hydrogen-bond acceptors (Lipinski definition) is 3. The number of aromatic amines is 1. The van der Waals surface area contributed by atoms with Gasteiger partial charge >= 0.3 is 0 Å². The van der Waals surface area contributed by atoms with E-state index < -0.39 is 0 Å². The smallest absolute Gasteiger partial charge is 0.133 e. The summed E-state index contributed by atoms with van der Waals surface area (Å²) in [6.07, 6.45) is 1.87. The van der Waals surface area contributed by atoms with Crippen molar-refractivity contribution in [3.05, 3.63) is 40.1 Å². The van der Waals surface area contributed by atoms with Crippen LogP contribution in [0.2, 0.25) is 0 Å². The Kier molecular flexibility index (Phi) is 3.54. The topological polar surface area (TPSA) is 41.6 Å². The first-order valence-electron chi connectivity index (χ1n) is 6.33. The summed E-state index contributed by atoms with van der Waals surface area (Å²) in [7, 11) is 0. The number of aryl methyl sites for hydroxylation is 1. The van der Waals surface area contributed by atoms with E-state index in [0.717, 1.165) is 28.3 Å². The number of pyridine rings is 1. The third-order valence-electron chi connectivity index (χ3n) is 3.06. The van der Waals surface area contributed by atoms with Crippen molar-refractivity contribution in [1.82, 2.24) is 15.0 Å². The molecular weight excluding hydrogens is 254 g/mol. The average molecular weight is 273 g/mol. The summed E-state index contributed by atoms with van der Waals surface area (Å²) in [5.74, 6) is 0.902. The molecule has 0 aliphatic heterocycles. The Bertz CT molecular complexity index is 649. The Morgan fingerprint density at radius 1 is 1.16 bits per heavy atom. The molecule has 0 atom stereocenters. The lowest BCUT2D eigenvalue weighted by Gasteiger charge is -2.19. The van der Waals surface area contributed by atoms with E-state index in [2.05, 4.69) is 41.8 Å². The van der Waals surface area contributed by atoms with Crippen LogP contribution in [0.15, 0.2) is 18.3 Å². The Balaban J connectivity index is 2.66. The molecular formula is C15H19N3S. The predicted molar refractivity (Wildman–Crippen MR) is 80.8 cm³/mol. The third kappa shape index (κ3) is 2.89. The second-order valence-electron chi connectivity index (χ2n) is 5.83. The summed E-state index contributed by atoms with van der Waals surface area (Å²) in [6, 6.07) is 4.06. The minimum atomic E-state index is -0.0614. The van der Waals surface area contributed by atoms with E-state index in [9.17, 15) is 0 Å². The second kappa shape index (κ2) is 4.85. The van der Waals surface area contributed by atoms with Crippen molar-refractivity contribution in [2.75, 3.05) is 0 Å². The number of nitrogens with zero attached hydrogens (tertiary/aromatic N) is 2. The zero-order valence-electron chi connectivity index (χ0n) is 12.0. The highest BCUT2D eigenvalue weighted by atomic mass is 32.1. The molecule has 100 valence electrons. The summed E-state index contributed by atoms with van der Waals surface area (Å²) in [5, 5.41) is 0. The fourth-order valence-electron chi connectivity index (χ4n) is 1.79. The highest BCUT2D eigenvalue weighted by Gasteiger charge is 2.18. The molecule has 0 aliphatic carbocycles. The Labute approximate surface area is 119 Å². The summed E-state index contributed by atoms with van der Waals surface area (Å²) < 4.78 is 0.652. The Hall–Kier alpha value is -1.55. The van der Waals surface area contributed by atoms with E-state index in [4.69, 9.17) is 12.2 Å². The molecule has 1 N–H and O–H groups in total. The van der Waals surface area contributed by atoms with Crippen LogP contribution in [0.3, 0.4) is 0 Å². The van der Waals surface area contributed by atoms with Crippen LogP contribution in [0.25, 0.3) is 11.3 Å². The summed E-state index contributed by atoms with van der Waals surface area (Å²) in [6.45, 7) is 10.3. The zero-order chi connectivity index (χ0) is 14.2. The second-order valence-corrected chi connectivity index (χ2v) is 6.22. The predicted octanol–water partition coefficient (Wildman–Crippen LogP) is 4.12. The lowest BCUT2D eigenvalue weighted by Crippen LogP contribution is -2.17. The van der Waals surface area contributed by atoms with Crippen molar-refractivity contribution >= 4 is 12.2 Å². The maximum absolute atomic E-state index is 5.37. The van der Waals surface area contributed by atoms with Gasteiger partial charge in [-0.05, 0) is 26.0 Å². The van der Waals surface area contributed by atoms with Crippen molar-refractivity contribution < 1.29 is 0 Å². The van der Waals surface area contributed by atoms with Crippen LogP contribution >= 0.6 is 12.2 Å². The number of rotatable bonds is 1. The van der Waals surface area contributed by atoms with Gasteiger partial charge < -0.3 is 4.98 Å². The highest BCUT2D eigenvalue weighted by molar-refractivity contribution is 7.71. The molecule has 2 heterocycles. The van der Waals surface area contributed by atoms with Crippen LogP contribution in [-0.4, -0.2) is 15.0 Å². The molecule has 2 aromatic rings. The lowest BCUT2D eigenvalue weighted by atomic mass is 9.95. The zero-order valence-corrected chi connectivity index (χ0v) is 12.9. The SMILES string of the molecule is Cc1ccc(-c2[nH]c(C(C)(C)C)nc(=S)c2C)cn1. The van der Waals surface area contributed by atoms with Gasteiger partial charge in [-0.3, -0.25) is 4.98 Å². The quantitative estimate of drug-likeness (QED) is 0.795. The fraction of sp³-hybridized carbons (Fsp3) is 0.400. The number of aromatic nitrogens is 3. The van der Waals surface area contributed by atoms with Gasteiger partial charge in [-0.15, -0.1) is 0 Å². The highest BCUT2D eigenvalue weighted by Crippen LogP contribution is 2.25. The number of nitrogens with one attached hydrogen (secondary N) is 1. The van der Waals surface area contributed by atoms with Crippen molar-refractivity contribution in [3.63, 3.8) is 0 Å². The lowest BCUT2D eigenvalue weighted by molar-refractivity contribution is 0.544. The molecule has 3 nitrogen and oxygen atoms in total. The van der Waals surface area contributed by atoms with Crippen LogP contribution < -0.4 is 0 Å². The molecule has 0 radical (unpaired) electrons. The number of H-pyrrole nitrogens is 1. The van der Waals surface area contributed by atoms with Crippen LogP contribution in [-0.2, 0) is 5.41 Å². The monoisotopic (exact) mass is 273 g/mol. The van der Waals surface area contributed by atoms with E-state index in [-0.39, 0.29) is 5.41 Å². The van der Waals surface area contributed by atoms with E-state index in [1.54, 1.807) is 0 Å². The first-order valence-corrected chi connectivity index (χ1v) is 6.74. The first kappa shape index (κ1) is 13.9. The summed E-state index contributed by atoms with van der Waals surface area (Å²) in [4.78, 5) is 12.2. The third-order valence-corrected chi connectivity index (χ3v) is 3.46. The van der Waals surface area contributed by atoms with Crippen LogP contribution in [0, 0.1) is 18.5 Å². The molecule has 0 spiro atoms. The Morgan fingerprint density at radius 3 is 2.37 bits per heavy atom. The van der Waals surface area contributed by atoms with E-state index in [1.807, 2.05) is 26.1 Å². The molecule has 0 aliphatic rings. The van der Waals surface area contributed by atoms with Crippen molar-refractivity contribution in [3.8, 4) is 11.3 Å². The van der Waals surface area contributed by atoms with Crippen LogP contribution in [0.4, 0.5) is 0 Å². The molecule has 0 aromatic carbocycles. The molecule has 19 heavy (non-hydrogen) atoms. The largest absolute Gasteiger partial charge is 0.342 e. The van der Waals surface area contributed by atoms with Gasteiger partial charge in [-0.2, -0.15) is 0 Å². The average Bonchev–Trinajstić information content (AvgIpc) is 2.32. The van der Waals surface area contributed by atoms with Gasteiger partial charge in [0.2, 0.25) is 0 Å². The van der Waals surface area contributed by atoms with Crippen LogP contribution in [0.1, 0.15) is 37.9 Å². The normalized spacial score (nSPS) is 11.6. The van der Waals surface area contributed by atoms with Gasteiger partial charge in [0.15, 0.2) is 0 Å². The van der Waals surface area contributed by atoms with Gasteiger partial charge in [0, 0.05) is 28.4 Å². The minimum absolute atomic E-state index is 0.0614. The van der Waals surface area contributed by atoms with E-state index >= 15 is 0 Å². The molecule has 4 heteroatoms. The minimum Gasteiger partial charge on any atom is -0.342 e. The van der Waals surface area contributed by atoms with Gasteiger partial charge in [0.1, 0.15) is 10.5 Å². The van der Waals surface area contributed by atoms with Crippen LogP contribution in [0.5, 0.6) is 0 Å². The Morgan fingerprint density at radius 2 is 1.84 bits per heavy atom. The molecule has 0 fully saturated rings.